The number of likely N-dealkylation sites (tertiary alicyclic amines) is 1. The third-order valence-corrected chi connectivity index (χ3v) is 5.55. The Bertz CT molecular complexity index is 753. The highest BCUT2D eigenvalue weighted by Crippen LogP contribution is 2.39. The summed E-state index contributed by atoms with van der Waals surface area (Å²) in [6, 6.07) is 15.0. The topological polar surface area (TPSA) is 20.3 Å². The first-order valence-corrected chi connectivity index (χ1v) is 9.31. The van der Waals surface area contributed by atoms with Crippen LogP contribution in [-0.2, 0) is 5.41 Å². The van der Waals surface area contributed by atoms with Gasteiger partial charge in [-0.25, -0.2) is 0 Å². The highest BCUT2D eigenvalue weighted by molar-refractivity contribution is 6.42. The lowest BCUT2D eigenvalue weighted by atomic mass is 9.66. The Morgan fingerprint density at radius 2 is 1.81 bits per heavy atom. The van der Waals surface area contributed by atoms with Crippen molar-refractivity contribution in [3.05, 3.63) is 82.9 Å². The third-order valence-electron chi connectivity index (χ3n) is 4.81. The van der Waals surface area contributed by atoms with Crippen LogP contribution in [-0.4, -0.2) is 31.7 Å². The van der Waals surface area contributed by atoms with Crippen molar-refractivity contribution in [1.82, 2.24) is 4.90 Å². The zero-order valence-corrected chi connectivity index (χ0v) is 16.3. The van der Waals surface area contributed by atoms with Crippen LogP contribution >= 0.6 is 23.2 Å². The van der Waals surface area contributed by atoms with Gasteiger partial charge in [-0.2, -0.15) is 0 Å². The van der Waals surface area contributed by atoms with Gasteiger partial charge in [0.1, 0.15) is 0 Å². The van der Waals surface area contributed by atoms with Crippen LogP contribution in [0.1, 0.15) is 28.8 Å². The number of carbonyl (C=O) groups is 1. The molecule has 1 aliphatic heterocycles. The molecule has 0 saturated carbocycles. The number of halogens is 2. The number of piperidine rings is 1. The molecule has 26 heavy (non-hydrogen) atoms. The van der Waals surface area contributed by atoms with E-state index in [1.165, 1.54) is 0 Å². The first-order chi connectivity index (χ1) is 12.6. The largest absolute Gasteiger partial charge is 0.338 e. The van der Waals surface area contributed by atoms with Crippen molar-refractivity contribution in [3.63, 3.8) is 0 Å². The fraction of sp³-hybridized carbons (Fsp3) is 0.286. The van der Waals surface area contributed by atoms with Gasteiger partial charge in [0, 0.05) is 24.1 Å². The van der Waals surface area contributed by atoms with Crippen molar-refractivity contribution in [2.75, 3.05) is 13.1 Å². The van der Waals surface area contributed by atoms with Crippen LogP contribution in [0.15, 0.2) is 61.7 Å². The molecule has 0 aromatic heterocycles. The summed E-state index contributed by atoms with van der Waals surface area (Å²) in [6.45, 7) is 7.34. The van der Waals surface area contributed by atoms with Crippen molar-refractivity contribution in [1.29, 1.82) is 0 Å². The molecular formula is C21H22BCl2NO. The molecule has 1 unspecified atom stereocenters. The summed E-state index contributed by atoms with van der Waals surface area (Å²) in [7, 11) is 6.15. The Kier molecular flexibility index (Phi) is 7.37. The fourth-order valence-electron chi connectivity index (χ4n) is 3.41. The average molecular weight is 386 g/mol. The van der Waals surface area contributed by atoms with Gasteiger partial charge in [-0.05, 0) is 42.7 Å². The Morgan fingerprint density at radius 1 is 1.12 bits per heavy atom. The summed E-state index contributed by atoms with van der Waals surface area (Å²) in [6.07, 6.45) is 2.31. The van der Waals surface area contributed by atoms with E-state index >= 15 is 0 Å². The maximum absolute atomic E-state index is 12.8. The smallest absolute Gasteiger partial charge is 0.253 e. The number of amides is 1. The second kappa shape index (κ2) is 9.29. The molecule has 1 amide bonds. The minimum atomic E-state index is -0.281. The van der Waals surface area contributed by atoms with Gasteiger partial charge >= 0.3 is 0 Å². The van der Waals surface area contributed by atoms with Crippen molar-refractivity contribution in [2.45, 2.75) is 24.6 Å². The van der Waals surface area contributed by atoms with E-state index in [0.29, 0.717) is 28.5 Å². The zero-order valence-electron chi connectivity index (χ0n) is 14.8. The van der Waals surface area contributed by atoms with Gasteiger partial charge < -0.3 is 4.90 Å². The molecule has 1 atom stereocenters. The SMILES string of the molecule is C=C.[B]CC1(c2ccc(Cl)c(Cl)c2)CCCN(C(=O)c2ccccc2)C1. The average Bonchev–Trinajstić information content (AvgIpc) is 2.71. The van der Waals surface area contributed by atoms with Crippen molar-refractivity contribution >= 4 is 37.0 Å². The quantitative estimate of drug-likeness (QED) is 0.500. The molecular weight excluding hydrogens is 364 g/mol. The number of hydrogen-bond donors (Lipinski definition) is 0. The molecule has 1 saturated heterocycles. The Morgan fingerprint density at radius 3 is 2.42 bits per heavy atom. The molecule has 3 rings (SSSR count). The molecule has 2 radical (unpaired) electrons. The van der Waals surface area contributed by atoms with E-state index in [9.17, 15) is 4.79 Å². The number of hydrogen-bond acceptors (Lipinski definition) is 1. The van der Waals surface area contributed by atoms with Crippen LogP contribution in [0.2, 0.25) is 16.4 Å². The van der Waals surface area contributed by atoms with E-state index in [1.54, 1.807) is 6.07 Å². The third kappa shape index (κ3) is 4.33. The van der Waals surface area contributed by atoms with E-state index in [4.69, 9.17) is 31.0 Å². The molecule has 1 heterocycles. The van der Waals surface area contributed by atoms with E-state index in [-0.39, 0.29) is 11.3 Å². The van der Waals surface area contributed by atoms with E-state index in [1.807, 2.05) is 47.4 Å². The standard InChI is InChI=1S/C19H18BCl2NO.C2H4/c20-12-19(15-7-8-16(21)17(22)11-15)9-4-10-23(13-19)18(24)14-5-2-1-3-6-14;1-2/h1-3,5-8,11H,4,9-10,12-13H2;1-2H2. The molecule has 0 aliphatic carbocycles. The molecule has 2 aromatic rings. The maximum Gasteiger partial charge on any atom is 0.253 e. The number of carbonyl (C=O) groups excluding carboxylic acids is 1. The van der Waals surface area contributed by atoms with Gasteiger partial charge in [0.15, 0.2) is 0 Å². The first kappa shape index (κ1) is 20.6. The van der Waals surface area contributed by atoms with Crippen LogP contribution in [0.4, 0.5) is 0 Å². The van der Waals surface area contributed by atoms with Crippen LogP contribution in [0.3, 0.4) is 0 Å². The van der Waals surface area contributed by atoms with Crippen LogP contribution < -0.4 is 0 Å². The summed E-state index contributed by atoms with van der Waals surface area (Å²) in [4.78, 5) is 14.7. The normalized spacial score (nSPS) is 19.4. The summed E-state index contributed by atoms with van der Waals surface area (Å²) in [5.74, 6) is 0.0492. The lowest BCUT2D eigenvalue weighted by Gasteiger charge is -2.43. The highest BCUT2D eigenvalue weighted by atomic mass is 35.5. The molecule has 2 aromatic carbocycles. The molecule has 2 nitrogen and oxygen atoms in total. The van der Waals surface area contributed by atoms with Gasteiger partial charge in [-0.3, -0.25) is 4.79 Å². The Balaban J connectivity index is 0.00000117. The molecule has 5 heteroatoms. The summed E-state index contributed by atoms with van der Waals surface area (Å²) in [5, 5.41) is 1.05. The summed E-state index contributed by atoms with van der Waals surface area (Å²) >= 11 is 12.2. The van der Waals surface area contributed by atoms with E-state index in [0.717, 1.165) is 24.9 Å². The van der Waals surface area contributed by atoms with Crippen molar-refractivity contribution in [2.24, 2.45) is 0 Å². The molecule has 0 N–H and O–H groups in total. The van der Waals surface area contributed by atoms with Gasteiger partial charge in [-0.15, -0.1) is 13.2 Å². The molecule has 0 bridgehead atoms. The lowest BCUT2D eigenvalue weighted by Crippen LogP contribution is -2.48. The first-order valence-electron chi connectivity index (χ1n) is 8.56. The summed E-state index contributed by atoms with van der Waals surface area (Å²) in [5.41, 5.74) is 1.47. The zero-order chi connectivity index (χ0) is 19.2. The van der Waals surface area contributed by atoms with Gasteiger partial charge in [0.25, 0.3) is 5.91 Å². The molecule has 1 aliphatic rings. The van der Waals surface area contributed by atoms with Crippen LogP contribution in [0.25, 0.3) is 0 Å². The van der Waals surface area contributed by atoms with Crippen molar-refractivity contribution < 1.29 is 4.79 Å². The van der Waals surface area contributed by atoms with Crippen LogP contribution in [0.5, 0.6) is 0 Å². The molecule has 0 spiro atoms. The monoisotopic (exact) mass is 385 g/mol. The predicted molar refractivity (Wildman–Crippen MR) is 112 cm³/mol. The number of rotatable bonds is 3. The van der Waals surface area contributed by atoms with E-state index < -0.39 is 0 Å². The highest BCUT2D eigenvalue weighted by Gasteiger charge is 2.37. The Labute approximate surface area is 167 Å². The second-order valence-electron chi connectivity index (χ2n) is 6.31. The summed E-state index contributed by atoms with van der Waals surface area (Å²) < 4.78 is 0. The Hall–Kier alpha value is -1.71. The maximum atomic E-state index is 12.8. The minimum Gasteiger partial charge on any atom is -0.338 e. The molecule has 134 valence electrons. The van der Waals surface area contributed by atoms with Gasteiger partial charge in [-0.1, -0.05) is 53.8 Å². The predicted octanol–water partition coefficient (Wildman–Crippen LogP) is 5.56. The lowest BCUT2D eigenvalue weighted by molar-refractivity contribution is 0.0651. The number of nitrogens with zero attached hydrogens (tertiary/aromatic N) is 1. The molecule has 1 fully saturated rings. The fourth-order valence-corrected chi connectivity index (χ4v) is 3.71. The van der Waals surface area contributed by atoms with Crippen LogP contribution in [0, 0.1) is 0 Å². The van der Waals surface area contributed by atoms with Gasteiger partial charge in [0.05, 0.1) is 17.9 Å². The second-order valence-corrected chi connectivity index (χ2v) is 7.12. The minimum absolute atomic E-state index is 0.0492. The van der Waals surface area contributed by atoms with Crippen molar-refractivity contribution in [3.8, 4) is 0 Å². The van der Waals surface area contributed by atoms with Gasteiger partial charge in [0.2, 0.25) is 0 Å². The number of benzene rings is 2. The van der Waals surface area contributed by atoms with E-state index in [2.05, 4.69) is 13.2 Å².